The Kier molecular flexibility index (Phi) is 5.33. The van der Waals surface area contributed by atoms with E-state index < -0.39 is 5.97 Å². The fourth-order valence-corrected chi connectivity index (χ4v) is 3.06. The second kappa shape index (κ2) is 7.83. The van der Waals surface area contributed by atoms with Crippen LogP contribution in [0.15, 0.2) is 54.6 Å². The normalized spacial score (nSPS) is 15.0. The maximum absolute atomic E-state index is 12.6. The molecule has 0 atom stereocenters. The summed E-state index contributed by atoms with van der Waals surface area (Å²) in [5.74, 6) is 0.826. The second-order valence-electron chi connectivity index (χ2n) is 6.27. The predicted octanol–water partition coefficient (Wildman–Crippen LogP) is 3.81. The Hall–Kier alpha value is -2.82. The lowest BCUT2D eigenvalue weighted by Crippen LogP contribution is -2.38. The van der Waals surface area contributed by atoms with Crippen molar-refractivity contribution in [3.05, 3.63) is 60.2 Å². The first-order chi connectivity index (χ1) is 12.1. The molecule has 5 heteroatoms. The topological polar surface area (TPSA) is 66.8 Å². The van der Waals surface area contributed by atoms with Crippen LogP contribution in [0.1, 0.15) is 29.6 Å². The highest BCUT2D eigenvalue weighted by molar-refractivity contribution is 5.94. The van der Waals surface area contributed by atoms with Crippen LogP contribution in [-0.2, 0) is 4.79 Å². The SMILES string of the molecule is O=C(O)CC1CCN(C(=O)c2ccc(Oc3ccccc3)cc2)CC1. The standard InChI is InChI=1S/C20H21NO4/c22-19(23)14-15-10-12-21(13-11-15)20(24)16-6-8-18(9-7-16)25-17-4-2-1-3-5-17/h1-9,15H,10-14H2,(H,22,23). The molecule has 2 aromatic carbocycles. The fraction of sp³-hybridized carbons (Fsp3) is 0.300. The molecule has 3 rings (SSSR count). The van der Waals surface area contributed by atoms with Crippen LogP contribution in [-0.4, -0.2) is 35.0 Å². The predicted molar refractivity (Wildman–Crippen MR) is 93.8 cm³/mol. The van der Waals surface area contributed by atoms with Gasteiger partial charge in [-0.1, -0.05) is 18.2 Å². The van der Waals surface area contributed by atoms with Crippen molar-refractivity contribution in [1.29, 1.82) is 0 Å². The minimum atomic E-state index is -0.765. The van der Waals surface area contributed by atoms with Crippen LogP contribution in [0.4, 0.5) is 0 Å². The van der Waals surface area contributed by atoms with Crippen LogP contribution in [0.5, 0.6) is 11.5 Å². The lowest BCUT2D eigenvalue weighted by atomic mass is 9.93. The van der Waals surface area contributed by atoms with E-state index in [1.807, 2.05) is 30.3 Å². The van der Waals surface area contributed by atoms with E-state index in [1.165, 1.54) is 0 Å². The molecule has 5 nitrogen and oxygen atoms in total. The largest absolute Gasteiger partial charge is 0.481 e. The van der Waals surface area contributed by atoms with Crippen molar-refractivity contribution in [2.45, 2.75) is 19.3 Å². The van der Waals surface area contributed by atoms with Gasteiger partial charge < -0.3 is 14.7 Å². The Morgan fingerprint density at radius 3 is 2.16 bits per heavy atom. The average molecular weight is 339 g/mol. The molecule has 1 aliphatic heterocycles. The van der Waals surface area contributed by atoms with Crippen LogP contribution in [0.2, 0.25) is 0 Å². The quantitative estimate of drug-likeness (QED) is 0.899. The highest BCUT2D eigenvalue weighted by Crippen LogP contribution is 2.24. The number of rotatable bonds is 5. The van der Waals surface area contributed by atoms with E-state index in [2.05, 4.69) is 0 Å². The van der Waals surface area contributed by atoms with Crippen molar-refractivity contribution in [2.75, 3.05) is 13.1 Å². The van der Waals surface area contributed by atoms with E-state index in [0.29, 0.717) is 24.4 Å². The molecule has 1 aliphatic rings. The van der Waals surface area contributed by atoms with E-state index in [1.54, 1.807) is 29.2 Å². The molecule has 0 spiro atoms. The zero-order chi connectivity index (χ0) is 17.6. The molecule has 1 heterocycles. The number of amides is 1. The number of ether oxygens (including phenoxy) is 1. The van der Waals surface area contributed by atoms with Gasteiger partial charge in [-0.2, -0.15) is 0 Å². The maximum atomic E-state index is 12.6. The summed E-state index contributed by atoms with van der Waals surface area (Å²) in [6.45, 7) is 1.22. The summed E-state index contributed by atoms with van der Waals surface area (Å²) in [6, 6.07) is 16.6. The van der Waals surface area contributed by atoms with E-state index in [4.69, 9.17) is 9.84 Å². The molecule has 0 aliphatic carbocycles. The van der Waals surface area contributed by atoms with Crippen LogP contribution in [0, 0.1) is 5.92 Å². The molecule has 0 radical (unpaired) electrons. The third-order valence-electron chi connectivity index (χ3n) is 4.45. The minimum Gasteiger partial charge on any atom is -0.481 e. The Morgan fingerprint density at radius 1 is 0.960 bits per heavy atom. The number of aliphatic carboxylic acids is 1. The molecular formula is C20H21NO4. The van der Waals surface area contributed by atoms with Gasteiger partial charge in [-0.3, -0.25) is 9.59 Å². The van der Waals surface area contributed by atoms with Gasteiger partial charge in [-0.15, -0.1) is 0 Å². The van der Waals surface area contributed by atoms with Gasteiger partial charge in [0.05, 0.1) is 0 Å². The molecule has 0 aromatic heterocycles. The summed E-state index contributed by atoms with van der Waals surface area (Å²) >= 11 is 0. The van der Waals surface area contributed by atoms with Crippen molar-refractivity contribution in [2.24, 2.45) is 5.92 Å². The number of carboxylic acid groups (broad SMARTS) is 1. The molecule has 2 aromatic rings. The van der Waals surface area contributed by atoms with Crippen molar-refractivity contribution >= 4 is 11.9 Å². The molecule has 25 heavy (non-hydrogen) atoms. The van der Waals surface area contributed by atoms with Gasteiger partial charge in [0.25, 0.3) is 5.91 Å². The lowest BCUT2D eigenvalue weighted by Gasteiger charge is -2.31. The summed E-state index contributed by atoms with van der Waals surface area (Å²) in [7, 11) is 0. The third-order valence-corrected chi connectivity index (χ3v) is 4.45. The van der Waals surface area contributed by atoms with Gasteiger partial charge in [0, 0.05) is 25.1 Å². The number of carbonyl (C=O) groups is 2. The second-order valence-corrected chi connectivity index (χ2v) is 6.27. The molecule has 130 valence electrons. The molecule has 1 saturated heterocycles. The Balaban J connectivity index is 1.57. The molecule has 0 saturated carbocycles. The Labute approximate surface area is 146 Å². The average Bonchev–Trinajstić information content (AvgIpc) is 2.63. The van der Waals surface area contributed by atoms with Crippen molar-refractivity contribution in [3.63, 3.8) is 0 Å². The maximum Gasteiger partial charge on any atom is 0.303 e. The number of carboxylic acids is 1. The summed E-state index contributed by atoms with van der Waals surface area (Å²) in [6.07, 6.45) is 1.67. The first-order valence-electron chi connectivity index (χ1n) is 8.46. The van der Waals surface area contributed by atoms with E-state index >= 15 is 0 Å². The summed E-state index contributed by atoms with van der Waals surface area (Å²) < 4.78 is 5.73. The highest BCUT2D eigenvalue weighted by atomic mass is 16.5. The first kappa shape index (κ1) is 17.0. The van der Waals surface area contributed by atoms with Crippen LogP contribution >= 0.6 is 0 Å². The summed E-state index contributed by atoms with van der Waals surface area (Å²) in [5.41, 5.74) is 0.622. The van der Waals surface area contributed by atoms with E-state index in [9.17, 15) is 9.59 Å². The molecule has 0 unspecified atom stereocenters. The lowest BCUT2D eigenvalue weighted by molar-refractivity contribution is -0.138. The van der Waals surface area contributed by atoms with Crippen LogP contribution in [0.3, 0.4) is 0 Å². The van der Waals surface area contributed by atoms with Crippen molar-refractivity contribution < 1.29 is 19.4 Å². The number of nitrogens with zero attached hydrogens (tertiary/aromatic N) is 1. The van der Waals surface area contributed by atoms with Gasteiger partial charge in [0.15, 0.2) is 0 Å². The number of likely N-dealkylation sites (tertiary alicyclic amines) is 1. The Morgan fingerprint density at radius 2 is 1.56 bits per heavy atom. The number of carbonyl (C=O) groups excluding carboxylic acids is 1. The smallest absolute Gasteiger partial charge is 0.303 e. The van der Waals surface area contributed by atoms with Crippen LogP contribution < -0.4 is 4.74 Å². The summed E-state index contributed by atoms with van der Waals surface area (Å²) in [5, 5.41) is 8.86. The highest BCUT2D eigenvalue weighted by Gasteiger charge is 2.24. The monoisotopic (exact) mass is 339 g/mol. The van der Waals surface area contributed by atoms with Crippen molar-refractivity contribution in [1.82, 2.24) is 4.90 Å². The molecular weight excluding hydrogens is 318 g/mol. The zero-order valence-electron chi connectivity index (χ0n) is 13.9. The third kappa shape index (κ3) is 4.59. The van der Waals surface area contributed by atoms with Gasteiger partial charge in [0.1, 0.15) is 11.5 Å². The molecule has 0 bridgehead atoms. The van der Waals surface area contributed by atoms with Gasteiger partial charge in [0.2, 0.25) is 0 Å². The number of hydrogen-bond acceptors (Lipinski definition) is 3. The molecule has 1 fully saturated rings. The summed E-state index contributed by atoms with van der Waals surface area (Å²) in [4.78, 5) is 25.1. The number of benzene rings is 2. The van der Waals surface area contributed by atoms with E-state index in [-0.39, 0.29) is 18.2 Å². The number of hydrogen-bond donors (Lipinski definition) is 1. The first-order valence-corrected chi connectivity index (χ1v) is 8.46. The number of piperidine rings is 1. The molecule has 1 amide bonds. The van der Waals surface area contributed by atoms with Gasteiger partial charge in [-0.05, 0) is 55.2 Å². The van der Waals surface area contributed by atoms with Gasteiger partial charge >= 0.3 is 5.97 Å². The zero-order valence-corrected chi connectivity index (χ0v) is 13.9. The van der Waals surface area contributed by atoms with Crippen LogP contribution in [0.25, 0.3) is 0 Å². The van der Waals surface area contributed by atoms with Crippen molar-refractivity contribution in [3.8, 4) is 11.5 Å². The Bertz CT molecular complexity index is 719. The fourth-order valence-electron chi connectivity index (χ4n) is 3.06. The molecule has 1 N–H and O–H groups in total. The van der Waals surface area contributed by atoms with Gasteiger partial charge in [-0.25, -0.2) is 0 Å². The minimum absolute atomic E-state index is 0.0139. The number of para-hydroxylation sites is 1. The van der Waals surface area contributed by atoms with E-state index in [0.717, 1.165) is 18.6 Å².